The molecule has 0 radical (unpaired) electrons. The van der Waals surface area contributed by atoms with E-state index in [1.807, 2.05) is 0 Å². The van der Waals surface area contributed by atoms with E-state index in [9.17, 15) is 36.2 Å². The topological polar surface area (TPSA) is 58.6 Å². The molecule has 4 nitrogen and oxygen atoms in total. The Bertz CT molecular complexity index is 1170. The Morgan fingerprint density at radius 2 is 1.55 bits per heavy atom. The van der Waals surface area contributed by atoms with Gasteiger partial charge in [-0.3, -0.25) is 4.79 Å². The van der Waals surface area contributed by atoms with E-state index in [-0.39, 0.29) is 42.4 Å². The fourth-order valence-corrected chi connectivity index (χ4v) is 6.61. The molecule has 0 atom stereocenters. The fraction of sp³-hybridized carbons (Fsp3) is 0.607. The zero-order chi connectivity index (χ0) is 27.3. The summed E-state index contributed by atoms with van der Waals surface area (Å²) in [6.45, 7) is 0.456. The lowest BCUT2D eigenvalue weighted by molar-refractivity contribution is -0.185. The first-order chi connectivity index (χ1) is 17.8. The molecular formula is C28H31F6NO3. The molecule has 0 spiro atoms. The fourth-order valence-electron chi connectivity index (χ4n) is 6.61. The third-order valence-corrected chi connectivity index (χ3v) is 9.13. The average Bonchev–Trinajstić information content (AvgIpc) is 2.87. The van der Waals surface area contributed by atoms with Crippen molar-refractivity contribution in [2.24, 2.45) is 11.3 Å². The lowest BCUT2D eigenvalue weighted by Gasteiger charge is -2.51. The van der Waals surface area contributed by atoms with E-state index in [0.717, 1.165) is 24.8 Å². The number of carbonyl (C=O) groups is 1. The molecule has 2 aromatic rings. The molecular weight excluding hydrogens is 512 g/mol. The molecule has 2 N–H and O–H groups in total. The van der Waals surface area contributed by atoms with Crippen LogP contribution in [0.2, 0.25) is 0 Å². The Morgan fingerprint density at radius 1 is 0.921 bits per heavy atom. The van der Waals surface area contributed by atoms with E-state index in [2.05, 4.69) is 5.32 Å². The van der Waals surface area contributed by atoms with Gasteiger partial charge in [-0.2, -0.15) is 26.3 Å². The molecule has 0 amide bonds. The maximum absolute atomic E-state index is 14.1. The second-order valence-electron chi connectivity index (χ2n) is 11.3. The Kier molecular flexibility index (Phi) is 6.85. The number of rotatable bonds is 6. The molecule has 4 aliphatic carbocycles. The second-order valence-corrected chi connectivity index (χ2v) is 11.3. The van der Waals surface area contributed by atoms with Crippen LogP contribution in [0.4, 0.5) is 26.3 Å². The Morgan fingerprint density at radius 3 is 2.11 bits per heavy atom. The van der Waals surface area contributed by atoms with Crippen LogP contribution in [0.25, 0.3) is 10.8 Å². The highest BCUT2D eigenvalue weighted by Gasteiger charge is 2.52. The number of ether oxygens (including phenoxy) is 1. The SMILES string of the molecule is O=C(O)C12CCC(NCc3ccc4c(C(F)(F)F)c(OC5CCC(C(F)(F)F)CC5)ccc4c3)(CC1)CC2. The van der Waals surface area contributed by atoms with Crippen LogP contribution in [0.3, 0.4) is 0 Å². The first kappa shape index (κ1) is 27.1. The standard InChI is InChI=1S/C28H31F6NO3/c29-27(30,31)19-3-5-20(6-4-19)38-22-8-2-18-15-17(1-7-21(18)23(22)28(32,33)34)16-35-26-12-9-25(10-13-26,11-14-26)24(36)37/h1-2,7-8,15,19-20,35H,3-6,9-14,16H2,(H,36,37). The number of nitrogens with one attached hydrogen (secondary N) is 1. The lowest BCUT2D eigenvalue weighted by Crippen LogP contribution is -2.56. The van der Waals surface area contributed by atoms with E-state index in [0.29, 0.717) is 31.2 Å². The highest BCUT2D eigenvalue weighted by atomic mass is 19.4. The third-order valence-electron chi connectivity index (χ3n) is 9.13. The second kappa shape index (κ2) is 9.61. The predicted octanol–water partition coefficient (Wildman–Crippen LogP) is 7.63. The summed E-state index contributed by atoms with van der Waals surface area (Å²) in [5.74, 6) is -2.51. The number of fused-ring (bicyclic) bond motifs is 4. The van der Waals surface area contributed by atoms with Crippen molar-refractivity contribution in [2.45, 2.75) is 94.7 Å². The van der Waals surface area contributed by atoms with Gasteiger partial charge < -0.3 is 15.2 Å². The van der Waals surface area contributed by atoms with Crippen LogP contribution in [-0.2, 0) is 17.5 Å². The third kappa shape index (κ3) is 5.20. The number of halogens is 6. The van der Waals surface area contributed by atoms with Gasteiger partial charge in [-0.25, -0.2) is 0 Å². The van der Waals surface area contributed by atoms with E-state index in [1.54, 1.807) is 18.2 Å². The molecule has 0 heterocycles. The minimum absolute atomic E-state index is 0.0116. The van der Waals surface area contributed by atoms with Gasteiger partial charge in [0.15, 0.2) is 0 Å². The summed E-state index contributed by atoms with van der Waals surface area (Å²) in [6.07, 6.45) is -5.72. The normalized spacial score (nSPS) is 29.9. The Labute approximate surface area is 216 Å². The molecule has 2 bridgehead atoms. The van der Waals surface area contributed by atoms with Gasteiger partial charge in [0.05, 0.1) is 17.4 Å². The van der Waals surface area contributed by atoms with E-state index < -0.39 is 41.3 Å². The average molecular weight is 544 g/mol. The van der Waals surface area contributed by atoms with Crippen molar-refractivity contribution in [3.05, 3.63) is 41.5 Å². The molecule has 38 heavy (non-hydrogen) atoms. The van der Waals surface area contributed by atoms with Crippen LogP contribution in [-0.4, -0.2) is 28.9 Å². The van der Waals surface area contributed by atoms with Crippen molar-refractivity contribution in [1.82, 2.24) is 5.32 Å². The molecule has 2 aromatic carbocycles. The van der Waals surface area contributed by atoms with Gasteiger partial charge in [-0.1, -0.05) is 18.2 Å². The first-order valence-electron chi connectivity index (χ1n) is 13.2. The summed E-state index contributed by atoms with van der Waals surface area (Å²) in [5.41, 5.74) is -0.848. The van der Waals surface area contributed by atoms with Crippen molar-refractivity contribution >= 4 is 16.7 Å². The Hall–Kier alpha value is -2.49. The van der Waals surface area contributed by atoms with Crippen LogP contribution in [0, 0.1) is 11.3 Å². The highest BCUT2D eigenvalue weighted by Crippen LogP contribution is 2.52. The molecule has 4 aliphatic rings. The number of carboxylic acid groups (broad SMARTS) is 1. The van der Waals surface area contributed by atoms with Crippen LogP contribution >= 0.6 is 0 Å². The largest absolute Gasteiger partial charge is 0.490 e. The van der Waals surface area contributed by atoms with Gasteiger partial charge in [0, 0.05) is 12.1 Å². The summed E-state index contributed by atoms with van der Waals surface area (Å²) in [6, 6.07) is 7.61. The first-order valence-corrected chi connectivity index (χ1v) is 13.2. The van der Waals surface area contributed by atoms with Crippen LogP contribution in [0.5, 0.6) is 5.75 Å². The minimum Gasteiger partial charge on any atom is -0.490 e. The number of carboxylic acids is 1. The molecule has 0 aromatic heterocycles. The van der Waals surface area contributed by atoms with Crippen LogP contribution < -0.4 is 10.1 Å². The summed E-state index contributed by atoms with van der Waals surface area (Å²) in [5, 5.41) is 13.5. The number of hydrogen-bond acceptors (Lipinski definition) is 3. The highest BCUT2D eigenvalue weighted by molar-refractivity contribution is 5.89. The summed E-state index contributed by atoms with van der Waals surface area (Å²) in [4.78, 5) is 11.7. The number of aliphatic carboxylic acids is 1. The molecule has 4 saturated carbocycles. The monoisotopic (exact) mass is 543 g/mol. The van der Waals surface area contributed by atoms with Crippen LogP contribution in [0.1, 0.15) is 75.3 Å². The molecule has 208 valence electrons. The van der Waals surface area contributed by atoms with Crippen molar-refractivity contribution < 1.29 is 41.0 Å². The number of hydrogen-bond donors (Lipinski definition) is 2. The van der Waals surface area contributed by atoms with E-state index in [1.165, 1.54) is 12.1 Å². The van der Waals surface area contributed by atoms with Gasteiger partial charge in [0.25, 0.3) is 0 Å². The molecule has 0 saturated heterocycles. The maximum Gasteiger partial charge on any atom is 0.420 e. The van der Waals surface area contributed by atoms with Crippen molar-refractivity contribution in [2.75, 3.05) is 0 Å². The number of benzene rings is 2. The zero-order valence-electron chi connectivity index (χ0n) is 20.9. The smallest absolute Gasteiger partial charge is 0.420 e. The molecule has 6 rings (SSSR count). The van der Waals surface area contributed by atoms with E-state index in [4.69, 9.17) is 4.74 Å². The molecule has 0 aliphatic heterocycles. The van der Waals surface area contributed by atoms with Crippen molar-refractivity contribution in [3.8, 4) is 5.75 Å². The van der Waals surface area contributed by atoms with Gasteiger partial charge in [-0.05, 0) is 92.7 Å². The summed E-state index contributed by atoms with van der Waals surface area (Å²) >= 11 is 0. The van der Waals surface area contributed by atoms with Crippen LogP contribution in [0.15, 0.2) is 30.3 Å². The summed E-state index contributed by atoms with van der Waals surface area (Å²) in [7, 11) is 0. The van der Waals surface area contributed by atoms with E-state index >= 15 is 0 Å². The molecule has 4 fully saturated rings. The summed E-state index contributed by atoms with van der Waals surface area (Å²) < 4.78 is 87.0. The maximum atomic E-state index is 14.1. The van der Waals surface area contributed by atoms with Crippen molar-refractivity contribution in [1.29, 1.82) is 0 Å². The van der Waals surface area contributed by atoms with Crippen molar-refractivity contribution in [3.63, 3.8) is 0 Å². The number of alkyl halides is 6. The minimum atomic E-state index is -4.70. The predicted molar refractivity (Wildman–Crippen MR) is 129 cm³/mol. The Balaban J connectivity index is 1.31. The van der Waals surface area contributed by atoms with Gasteiger partial charge >= 0.3 is 18.3 Å². The van der Waals surface area contributed by atoms with Gasteiger partial charge in [0.2, 0.25) is 0 Å². The quantitative estimate of drug-likeness (QED) is 0.368. The van der Waals surface area contributed by atoms with Gasteiger partial charge in [0.1, 0.15) is 11.3 Å². The lowest BCUT2D eigenvalue weighted by atomic mass is 9.57. The zero-order valence-corrected chi connectivity index (χ0v) is 20.9. The van der Waals surface area contributed by atoms with Gasteiger partial charge in [-0.15, -0.1) is 0 Å². The molecule has 10 heteroatoms. The molecule has 0 unspecified atom stereocenters.